The van der Waals surface area contributed by atoms with Gasteiger partial charge in [0.15, 0.2) is 5.13 Å². The van der Waals surface area contributed by atoms with Crippen LogP contribution in [0, 0.1) is 0 Å². The van der Waals surface area contributed by atoms with Gasteiger partial charge in [-0.25, -0.2) is 9.78 Å². The van der Waals surface area contributed by atoms with E-state index in [-0.39, 0.29) is 12.4 Å². The molecule has 116 valence electrons. The molecule has 1 amide bonds. The molecule has 2 aromatic carbocycles. The number of aromatic nitrogens is 1. The molecule has 0 aliphatic carbocycles. The van der Waals surface area contributed by atoms with Crippen molar-refractivity contribution in [3.63, 3.8) is 0 Å². The summed E-state index contributed by atoms with van der Waals surface area (Å²) in [4.78, 5) is 16.1. The summed E-state index contributed by atoms with van der Waals surface area (Å²) < 4.78 is 5.14. The van der Waals surface area contributed by atoms with Crippen LogP contribution < -0.4 is 5.32 Å². The minimum absolute atomic E-state index is 0.173. The highest BCUT2D eigenvalue weighted by molar-refractivity contribution is 7.14. The van der Waals surface area contributed by atoms with E-state index in [2.05, 4.69) is 10.3 Å². The van der Waals surface area contributed by atoms with Crippen molar-refractivity contribution in [3.05, 3.63) is 65.5 Å². The Hall–Kier alpha value is -2.86. The van der Waals surface area contributed by atoms with Crippen LogP contribution in [0.2, 0.25) is 0 Å². The number of phenols is 1. The predicted molar refractivity (Wildman–Crippen MR) is 89.5 cm³/mol. The molecule has 6 heteroatoms. The van der Waals surface area contributed by atoms with Crippen molar-refractivity contribution < 1.29 is 14.6 Å². The molecule has 0 spiro atoms. The van der Waals surface area contributed by atoms with Gasteiger partial charge in [-0.3, -0.25) is 5.32 Å². The van der Waals surface area contributed by atoms with Crippen LogP contribution in [0.15, 0.2) is 60.0 Å². The summed E-state index contributed by atoms with van der Waals surface area (Å²) in [6.07, 6.45) is -0.550. The summed E-state index contributed by atoms with van der Waals surface area (Å²) in [5.74, 6) is 0.173. The van der Waals surface area contributed by atoms with E-state index < -0.39 is 6.09 Å². The SMILES string of the molecule is O=C(Nc1nc(-c2cccc(O)c2)cs1)OCc1ccccc1. The number of carbonyl (C=O) groups is 1. The predicted octanol–water partition coefficient (Wildman–Crippen LogP) is 4.26. The van der Waals surface area contributed by atoms with Gasteiger partial charge in [-0.1, -0.05) is 42.5 Å². The molecule has 0 fully saturated rings. The number of hydrogen-bond acceptors (Lipinski definition) is 5. The van der Waals surface area contributed by atoms with E-state index in [1.807, 2.05) is 41.8 Å². The Morgan fingerprint density at radius 2 is 2.00 bits per heavy atom. The number of nitrogens with one attached hydrogen (secondary N) is 1. The van der Waals surface area contributed by atoms with Crippen LogP contribution in [0.4, 0.5) is 9.93 Å². The summed E-state index contributed by atoms with van der Waals surface area (Å²) in [7, 11) is 0. The largest absolute Gasteiger partial charge is 0.508 e. The third-order valence-electron chi connectivity index (χ3n) is 3.07. The maximum atomic E-state index is 11.8. The summed E-state index contributed by atoms with van der Waals surface area (Å²) >= 11 is 1.30. The molecule has 0 aliphatic rings. The van der Waals surface area contributed by atoms with Crippen LogP contribution in [0.1, 0.15) is 5.56 Å². The fraction of sp³-hybridized carbons (Fsp3) is 0.0588. The molecule has 0 saturated carbocycles. The summed E-state index contributed by atoms with van der Waals surface area (Å²) in [6.45, 7) is 0.206. The highest BCUT2D eigenvalue weighted by atomic mass is 32.1. The molecule has 1 aromatic heterocycles. The molecule has 0 atom stereocenters. The smallest absolute Gasteiger partial charge is 0.413 e. The Morgan fingerprint density at radius 1 is 1.17 bits per heavy atom. The zero-order chi connectivity index (χ0) is 16.1. The first-order valence-electron chi connectivity index (χ1n) is 6.93. The number of ether oxygens (including phenoxy) is 1. The van der Waals surface area contributed by atoms with Gasteiger partial charge in [0.2, 0.25) is 0 Å². The van der Waals surface area contributed by atoms with Gasteiger partial charge >= 0.3 is 6.09 Å². The number of hydrogen-bond donors (Lipinski definition) is 2. The molecule has 3 aromatic rings. The van der Waals surface area contributed by atoms with Crippen molar-refractivity contribution in [1.82, 2.24) is 4.98 Å². The second-order valence-corrected chi connectivity index (χ2v) is 5.63. The zero-order valence-corrected chi connectivity index (χ0v) is 12.9. The Morgan fingerprint density at radius 3 is 2.78 bits per heavy atom. The second-order valence-electron chi connectivity index (χ2n) is 4.77. The standard InChI is InChI=1S/C17H14N2O3S/c20-14-8-4-7-13(9-14)15-11-23-16(18-15)19-17(21)22-10-12-5-2-1-3-6-12/h1-9,11,20H,10H2,(H,18,19,21). The first kappa shape index (κ1) is 15.1. The van der Waals surface area contributed by atoms with Gasteiger partial charge in [-0.05, 0) is 17.7 Å². The Labute approximate surface area is 137 Å². The van der Waals surface area contributed by atoms with Crippen LogP contribution in [0.5, 0.6) is 5.75 Å². The first-order chi connectivity index (χ1) is 11.2. The van der Waals surface area contributed by atoms with Crippen molar-refractivity contribution in [2.45, 2.75) is 6.61 Å². The molecule has 0 bridgehead atoms. The average Bonchev–Trinajstić information content (AvgIpc) is 3.02. The van der Waals surface area contributed by atoms with E-state index in [1.165, 1.54) is 11.3 Å². The lowest BCUT2D eigenvalue weighted by atomic mass is 10.2. The molecule has 23 heavy (non-hydrogen) atoms. The van der Waals surface area contributed by atoms with E-state index in [0.717, 1.165) is 11.1 Å². The Kier molecular flexibility index (Phi) is 4.54. The lowest BCUT2D eigenvalue weighted by molar-refractivity contribution is 0.155. The molecular formula is C17H14N2O3S. The number of benzene rings is 2. The van der Waals surface area contributed by atoms with Crippen LogP contribution in [-0.4, -0.2) is 16.2 Å². The number of aromatic hydroxyl groups is 1. The van der Waals surface area contributed by atoms with Gasteiger partial charge in [-0.15, -0.1) is 11.3 Å². The van der Waals surface area contributed by atoms with Gasteiger partial charge in [0.1, 0.15) is 12.4 Å². The monoisotopic (exact) mass is 326 g/mol. The van der Waals surface area contributed by atoms with Gasteiger partial charge in [-0.2, -0.15) is 0 Å². The molecule has 3 rings (SSSR count). The molecule has 0 unspecified atom stereocenters. The van der Waals surface area contributed by atoms with Crippen LogP contribution in [0.25, 0.3) is 11.3 Å². The minimum atomic E-state index is -0.550. The molecular weight excluding hydrogens is 312 g/mol. The summed E-state index contributed by atoms with van der Waals surface area (Å²) in [5.41, 5.74) is 2.39. The molecule has 2 N–H and O–H groups in total. The molecule has 5 nitrogen and oxygen atoms in total. The molecule has 0 aliphatic heterocycles. The van der Waals surface area contributed by atoms with Gasteiger partial charge < -0.3 is 9.84 Å². The average molecular weight is 326 g/mol. The number of rotatable bonds is 4. The summed E-state index contributed by atoms with van der Waals surface area (Å²) in [6, 6.07) is 16.2. The van der Waals surface area contributed by atoms with Crippen molar-refractivity contribution in [2.75, 3.05) is 5.32 Å². The Bertz CT molecular complexity index is 802. The number of carbonyl (C=O) groups excluding carboxylic acids is 1. The van der Waals surface area contributed by atoms with E-state index in [1.54, 1.807) is 18.2 Å². The van der Waals surface area contributed by atoms with Gasteiger partial charge in [0.25, 0.3) is 0 Å². The van der Waals surface area contributed by atoms with Gasteiger partial charge in [0, 0.05) is 10.9 Å². The fourth-order valence-corrected chi connectivity index (χ4v) is 2.68. The van der Waals surface area contributed by atoms with E-state index in [0.29, 0.717) is 10.8 Å². The minimum Gasteiger partial charge on any atom is -0.508 e. The van der Waals surface area contributed by atoms with Crippen molar-refractivity contribution in [3.8, 4) is 17.0 Å². The van der Waals surface area contributed by atoms with Crippen molar-refractivity contribution in [2.24, 2.45) is 0 Å². The number of anilines is 1. The van der Waals surface area contributed by atoms with E-state index in [9.17, 15) is 9.90 Å². The normalized spacial score (nSPS) is 10.3. The second kappa shape index (κ2) is 6.93. The third kappa shape index (κ3) is 4.08. The first-order valence-corrected chi connectivity index (χ1v) is 7.81. The topological polar surface area (TPSA) is 71.5 Å². The third-order valence-corrected chi connectivity index (χ3v) is 3.83. The number of amides is 1. The van der Waals surface area contributed by atoms with E-state index >= 15 is 0 Å². The number of nitrogens with zero attached hydrogens (tertiary/aromatic N) is 1. The number of phenolic OH excluding ortho intramolecular Hbond substituents is 1. The molecule has 0 radical (unpaired) electrons. The van der Waals surface area contributed by atoms with Crippen LogP contribution in [-0.2, 0) is 11.3 Å². The lowest BCUT2D eigenvalue weighted by Crippen LogP contribution is -2.13. The summed E-state index contributed by atoms with van der Waals surface area (Å²) in [5, 5.41) is 14.3. The molecule has 1 heterocycles. The zero-order valence-electron chi connectivity index (χ0n) is 12.1. The number of thiazole rings is 1. The quantitative estimate of drug-likeness (QED) is 0.751. The fourth-order valence-electron chi connectivity index (χ4n) is 1.98. The van der Waals surface area contributed by atoms with Crippen LogP contribution in [0.3, 0.4) is 0 Å². The highest BCUT2D eigenvalue weighted by Gasteiger charge is 2.09. The Balaban J connectivity index is 1.59. The maximum absolute atomic E-state index is 11.8. The highest BCUT2D eigenvalue weighted by Crippen LogP contribution is 2.27. The lowest BCUT2D eigenvalue weighted by Gasteiger charge is -2.04. The van der Waals surface area contributed by atoms with Crippen molar-refractivity contribution in [1.29, 1.82) is 0 Å². The van der Waals surface area contributed by atoms with Crippen LogP contribution >= 0.6 is 11.3 Å². The molecule has 0 saturated heterocycles. The van der Waals surface area contributed by atoms with Gasteiger partial charge in [0.05, 0.1) is 5.69 Å². The van der Waals surface area contributed by atoms with E-state index in [4.69, 9.17) is 4.74 Å². The van der Waals surface area contributed by atoms with Crippen molar-refractivity contribution >= 4 is 22.6 Å². The maximum Gasteiger partial charge on any atom is 0.413 e.